The van der Waals surface area contributed by atoms with E-state index >= 15 is 0 Å². The Morgan fingerprint density at radius 3 is 2.08 bits per heavy atom. The third kappa shape index (κ3) is 7.72. The van der Waals surface area contributed by atoms with Crippen LogP contribution >= 0.6 is 0 Å². The van der Waals surface area contributed by atoms with Gasteiger partial charge in [-0.1, -0.05) is 57.7 Å². The van der Waals surface area contributed by atoms with E-state index in [1.165, 1.54) is 48.9 Å². The molecule has 0 atom stereocenters. The second kappa shape index (κ2) is 11.7. The molecule has 0 amide bonds. The molecule has 2 heteroatoms. The molecule has 0 bridgehead atoms. The van der Waals surface area contributed by atoms with Gasteiger partial charge in [0.05, 0.1) is 6.61 Å². The van der Waals surface area contributed by atoms with Gasteiger partial charge in [-0.15, -0.1) is 0 Å². The van der Waals surface area contributed by atoms with Gasteiger partial charge < -0.3 is 4.74 Å². The quantitative estimate of drug-likeness (QED) is 0.431. The van der Waals surface area contributed by atoms with Crippen molar-refractivity contribution in [3.8, 4) is 5.75 Å². The van der Waals surface area contributed by atoms with Crippen molar-refractivity contribution < 1.29 is 4.74 Å². The fourth-order valence-corrected chi connectivity index (χ4v) is 2.89. The smallest absolute Gasteiger partial charge is 0.119 e. The van der Waals surface area contributed by atoms with Gasteiger partial charge in [0.2, 0.25) is 0 Å². The molecule has 1 heterocycles. The maximum absolute atomic E-state index is 5.77. The Labute approximate surface area is 153 Å². The van der Waals surface area contributed by atoms with Crippen LogP contribution in [0.25, 0.3) is 0 Å². The zero-order valence-electron chi connectivity index (χ0n) is 16.0. The summed E-state index contributed by atoms with van der Waals surface area (Å²) in [5.41, 5.74) is 3.90. The Morgan fingerprint density at radius 1 is 0.720 bits per heavy atom. The summed E-state index contributed by atoms with van der Waals surface area (Å²) in [6.45, 7) is 5.27. The Hall–Kier alpha value is -1.83. The lowest BCUT2D eigenvalue weighted by atomic mass is 10.0. The number of aryl methyl sites for hydroxylation is 3. The second-order valence-electron chi connectivity index (χ2n) is 6.81. The van der Waals surface area contributed by atoms with Crippen LogP contribution in [0.4, 0.5) is 0 Å². The predicted molar refractivity (Wildman–Crippen MR) is 106 cm³/mol. The molecule has 25 heavy (non-hydrogen) atoms. The number of hydrogen-bond donors (Lipinski definition) is 0. The van der Waals surface area contributed by atoms with Crippen molar-refractivity contribution >= 4 is 0 Å². The minimum Gasteiger partial charge on any atom is -0.494 e. The highest BCUT2D eigenvalue weighted by atomic mass is 16.5. The summed E-state index contributed by atoms with van der Waals surface area (Å²) >= 11 is 0. The first-order valence-electron chi connectivity index (χ1n) is 9.97. The fraction of sp³-hybridized carbons (Fsp3) is 0.522. The first kappa shape index (κ1) is 19.5. The summed E-state index contributed by atoms with van der Waals surface area (Å²) in [6.07, 6.45) is 12.7. The number of rotatable bonds is 12. The molecule has 0 saturated carbocycles. The number of benzene rings is 1. The minimum atomic E-state index is 0.823. The maximum atomic E-state index is 5.77. The maximum Gasteiger partial charge on any atom is 0.119 e. The highest BCUT2D eigenvalue weighted by molar-refractivity contribution is 5.28. The van der Waals surface area contributed by atoms with Crippen LogP contribution in [-0.4, -0.2) is 11.6 Å². The van der Waals surface area contributed by atoms with Crippen LogP contribution in [0.2, 0.25) is 0 Å². The highest BCUT2D eigenvalue weighted by Gasteiger charge is 2.00. The van der Waals surface area contributed by atoms with Crippen LogP contribution < -0.4 is 4.74 Å². The molecule has 1 aromatic heterocycles. The lowest BCUT2D eigenvalue weighted by Crippen LogP contribution is -1.98. The fourth-order valence-electron chi connectivity index (χ4n) is 2.89. The zero-order chi connectivity index (χ0) is 17.7. The molecule has 0 fully saturated rings. The van der Waals surface area contributed by atoms with E-state index in [-0.39, 0.29) is 0 Å². The van der Waals surface area contributed by atoms with Crippen LogP contribution in [0.15, 0.2) is 42.6 Å². The van der Waals surface area contributed by atoms with E-state index in [1.54, 1.807) is 0 Å². The molecule has 0 aliphatic carbocycles. The van der Waals surface area contributed by atoms with E-state index in [0.29, 0.717) is 0 Å². The zero-order valence-corrected chi connectivity index (χ0v) is 16.0. The summed E-state index contributed by atoms with van der Waals surface area (Å²) in [5, 5.41) is 0. The summed E-state index contributed by atoms with van der Waals surface area (Å²) in [6, 6.07) is 13.0. The van der Waals surface area contributed by atoms with Crippen LogP contribution in [0.5, 0.6) is 5.75 Å². The Bertz CT molecular complexity index is 574. The molecule has 136 valence electrons. The van der Waals surface area contributed by atoms with Gasteiger partial charge in [-0.05, 0) is 61.4 Å². The lowest BCUT2D eigenvalue weighted by molar-refractivity contribution is 0.306. The van der Waals surface area contributed by atoms with Crippen molar-refractivity contribution in [3.63, 3.8) is 0 Å². The van der Waals surface area contributed by atoms with Gasteiger partial charge in [-0.3, -0.25) is 4.98 Å². The van der Waals surface area contributed by atoms with Gasteiger partial charge in [0.1, 0.15) is 5.75 Å². The van der Waals surface area contributed by atoms with Crippen molar-refractivity contribution in [2.75, 3.05) is 6.61 Å². The highest BCUT2D eigenvalue weighted by Crippen LogP contribution is 2.15. The summed E-state index contributed by atoms with van der Waals surface area (Å²) < 4.78 is 5.77. The molecule has 1 aromatic carbocycles. The molecule has 2 aromatic rings. The number of ether oxygens (including phenoxy) is 1. The van der Waals surface area contributed by atoms with Crippen molar-refractivity contribution in [2.45, 2.75) is 71.6 Å². The van der Waals surface area contributed by atoms with Crippen LogP contribution in [0.3, 0.4) is 0 Å². The molecule has 0 aliphatic heterocycles. The molecule has 0 aliphatic rings. The normalized spacial score (nSPS) is 10.8. The Morgan fingerprint density at radius 2 is 1.40 bits per heavy atom. The van der Waals surface area contributed by atoms with Crippen molar-refractivity contribution in [1.29, 1.82) is 0 Å². The van der Waals surface area contributed by atoms with Gasteiger partial charge in [-0.25, -0.2) is 0 Å². The molecule has 0 N–H and O–H groups in total. The third-order valence-corrected chi connectivity index (χ3v) is 4.56. The average Bonchev–Trinajstić information content (AvgIpc) is 2.66. The lowest BCUT2D eigenvalue weighted by Gasteiger charge is -2.07. The topological polar surface area (TPSA) is 22.1 Å². The number of unbranched alkanes of at least 4 members (excludes halogenated alkanes) is 4. The standard InChI is InChI=1S/C23H33NO/c1-3-5-7-9-22-15-12-21(19-24-22)11-10-20-13-16-23(17-14-20)25-18-8-6-4-2/h12-17,19H,3-11,18H2,1-2H3. The van der Waals surface area contributed by atoms with Crippen LogP contribution in [0, 0.1) is 0 Å². The molecule has 0 saturated heterocycles. The second-order valence-corrected chi connectivity index (χ2v) is 6.81. The first-order valence-corrected chi connectivity index (χ1v) is 9.97. The molecule has 0 spiro atoms. The van der Waals surface area contributed by atoms with Gasteiger partial charge in [0.25, 0.3) is 0 Å². The van der Waals surface area contributed by atoms with Crippen LogP contribution in [0.1, 0.15) is 69.2 Å². The molecule has 2 rings (SSSR count). The number of hydrogen-bond acceptors (Lipinski definition) is 2. The van der Waals surface area contributed by atoms with E-state index < -0.39 is 0 Å². The van der Waals surface area contributed by atoms with Gasteiger partial charge in [0.15, 0.2) is 0 Å². The summed E-state index contributed by atoms with van der Waals surface area (Å²) in [7, 11) is 0. The molecule has 0 unspecified atom stereocenters. The monoisotopic (exact) mass is 339 g/mol. The SMILES string of the molecule is CCCCCOc1ccc(CCc2ccc(CCCCC)nc2)cc1. The van der Waals surface area contributed by atoms with E-state index in [2.05, 4.69) is 55.2 Å². The summed E-state index contributed by atoms with van der Waals surface area (Å²) in [5.74, 6) is 0.984. The van der Waals surface area contributed by atoms with E-state index in [0.717, 1.165) is 38.0 Å². The number of aromatic nitrogens is 1. The predicted octanol–water partition coefficient (Wildman–Crippen LogP) is 6.17. The Kier molecular flexibility index (Phi) is 9.11. The molecule has 0 radical (unpaired) electrons. The van der Waals surface area contributed by atoms with Crippen molar-refractivity contribution in [2.24, 2.45) is 0 Å². The van der Waals surface area contributed by atoms with E-state index in [9.17, 15) is 0 Å². The third-order valence-electron chi connectivity index (χ3n) is 4.56. The molecular weight excluding hydrogens is 306 g/mol. The van der Waals surface area contributed by atoms with Gasteiger partial charge >= 0.3 is 0 Å². The first-order chi connectivity index (χ1) is 12.3. The van der Waals surface area contributed by atoms with E-state index in [1.807, 2.05) is 6.20 Å². The van der Waals surface area contributed by atoms with E-state index in [4.69, 9.17) is 4.74 Å². The van der Waals surface area contributed by atoms with Crippen LogP contribution in [-0.2, 0) is 19.3 Å². The average molecular weight is 340 g/mol. The Balaban J connectivity index is 1.73. The van der Waals surface area contributed by atoms with Crippen molar-refractivity contribution in [3.05, 3.63) is 59.4 Å². The summed E-state index contributed by atoms with van der Waals surface area (Å²) in [4.78, 5) is 4.61. The minimum absolute atomic E-state index is 0.823. The number of pyridine rings is 1. The molecular formula is C23H33NO. The number of nitrogens with zero attached hydrogens (tertiary/aromatic N) is 1. The molecule has 2 nitrogen and oxygen atoms in total. The largest absolute Gasteiger partial charge is 0.494 e. The van der Waals surface area contributed by atoms with Crippen molar-refractivity contribution in [1.82, 2.24) is 4.98 Å². The van der Waals surface area contributed by atoms with Gasteiger partial charge in [0, 0.05) is 11.9 Å². The van der Waals surface area contributed by atoms with Gasteiger partial charge in [-0.2, -0.15) is 0 Å².